The zero-order chi connectivity index (χ0) is 59.5. The fourth-order valence-electron chi connectivity index (χ4n) is 8.77. The molecule has 12 unspecified atom stereocenters. The van der Waals surface area contributed by atoms with Gasteiger partial charge in [0.2, 0.25) is 5.91 Å². The fourth-order valence-corrected chi connectivity index (χ4v) is 8.77. The Bertz CT molecular complexity index is 1980. The largest absolute Gasteiger partial charge is 0.394 e. The molecule has 0 bridgehead atoms. The molecular weight excluding hydrogens is 1040 g/mol. The van der Waals surface area contributed by atoms with E-state index in [1.165, 1.54) is 0 Å². The lowest BCUT2D eigenvalue weighted by atomic mass is 9.97. The Morgan fingerprint density at radius 1 is 0.451 bits per heavy atom. The first-order valence-corrected chi connectivity index (χ1v) is 30.7. The molecule has 462 valence electrons. The highest BCUT2D eigenvalue weighted by molar-refractivity contribution is 5.76. The third kappa shape index (κ3) is 35.7. The molecule has 14 nitrogen and oxygen atoms in total. The minimum atomic E-state index is -1.80. The van der Waals surface area contributed by atoms with E-state index >= 15 is 0 Å². The summed E-state index contributed by atoms with van der Waals surface area (Å²) in [5.41, 5.74) is 0. The molecule has 82 heavy (non-hydrogen) atoms. The lowest BCUT2D eigenvalue weighted by molar-refractivity contribution is -0.359. The Kier molecular flexibility index (Phi) is 45.9. The number of carbonyl (C=O) groups excluding carboxylic acids is 1. The number of carbonyl (C=O) groups is 1. The highest BCUT2D eigenvalue weighted by atomic mass is 16.7. The maximum Gasteiger partial charge on any atom is 0.220 e. The third-order valence-corrected chi connectivity index (χ3v) is 13.7. The van der Waals surface area contributed by atoms with Crippen LogP contribution in [0.2, 0.25) is 0 Å². The van der Waals surface area contributed by atoms with E-state index in [0.29, 0.717) is 12.8 Å². The van der Waals surface area contributed by atoms with E-state index in [2.05, 4.69) is 165 Å². The van der Waals surface area contributed by atoms with Gasteiger partial charge in [-0.1, -0.05) is 204 Å². The summed E-state index contributed by atoms with van der Waals surface area (Å²) in [6.45, 7) is 2.53. The highest BCUT2D eigenvalue weighted by Gasteiger charge is 2.51. The van der Waals surface area contributed by atoms with Crippen molar-refractivity contribution in [1.29, 1.82) is 0 Å². The van der Waals surface area contributed by atoms with Gasteiger partial charge in [0.05, 0.1) is 32.0 Å². The average Bonchev–Trinajstić information content (AvgIpc) is 3.22. The van der Waals surface area contributed by atoms with Crippen LogP contribution in [0, 0.1) is 0 Å². The van der Waals surface area contributed by atoms with Crippen molar-refractivity contribution in [3.63, 3.8) is 0 Å². The summed E-state index contributed by atoms with van der Waals surface area (Å²) in [4.78, 5) is 13.2. The molecule has 2 rings (SSSR count). The summed E-state index contributed by atoms with van der Waals surface area (Å²) in [5.74, 6) is -0.279. The molecule has 0 aliphatic carbocycles. The van der Waals surface area contributed by atoms with Gasteiger partial charge < -0.3 is 65.1 Å². The van der Waals surface area contributed by atoms with Crippen molar-refractivity contribution in [1.82, 2.24) is 5.32 Å². The number of unbranched alkanes of at least 4 members (excludes halogenated alkanes) is 9. The van der Waals surface area contributed by atoms with Crippen LogP contribution in [0.25, 0.3) is 0 Å². The number of aliphatic hydroxyl groups is 8. The number of aliphatic hydroxyl groups excluding tert-OH is 8. The molecule has 9 N–H and O–H groups in total. The van der Waals surface area contributed by atoms with E-state index in [0.717, 1.165) is 135 Å². The van der Waals surface area contributed by atoms with Gasteiger partial charge in [0, 0.05) is 6.42 Å². The van der Waals surface area contributed by atoms with Gasteiger partial charge in [-0.3, -0.25) is 4.79 Å². The van der Waals surface area contributed by atoms with Gasteiger partial charge in [0.1, 0.15) is 48.8 Å². The lowest BCUT2D eigenvalue weighted by Crippen LogP contribution is -2.65. The van der Waals surface area contributed by atoms with Crippen molar-refractivity contribution in [2.75, 3.05) is 19.8 Å². The number of hydrogen-bond donors (Lipinski definition) is 9. The van der Waals surface area contributed by atoms with Crippen LogP contribution in [0.3, 0.4) is 0 Å². The Morgan fingerprint density at radius 3 is 1.33 bits per heavy atom. The molecule has 0 aromatic rings. The first-order valence-electron chi connectivity index (χ1n) is 30.7. The van der Waals surface area contributed by atoms with E-state index in [-0.39, 0.29) is 18.9 Å². The predicted octanol–water partition coefficient (Wildman–Crippen LogP) is 11.1. The highest BCUT2D eigenvalue weighted by Crippen LogP contribution is 2.30. The third-order valence-electron chi connectivity index (χ3n) is 13.7. The Labute approximate surface area is 493 Å². The summed E-state index contributed by atoms with van der Waals surface area (Å²) in [5, 5.41) is 86.9. The van der Waals surface area contributed by atoms with Gasteiger partial charge in [-0.05, 0) is 116 Å². The number of hydrogen-bond acceptors (Lipinski definition) is 13. The van der Waals surface area contributed by atoms with Crippen LogP contribution in [-0.4, -0.2) is 140 Å². The summed E-state index contributed by atoms with van der Waals surface area (Å²) >= 11 is 0. The molecule has 0 aromatic heterocycles. The minimum Gasteiger partial charge on any atom is -0.394 e. The van der Waals surface area contributed by atoms with Gasteiger partial charge >= 0.3 is 0 Å². The number of nitrogens with one attached hydrogen (secondary N) is 1. The number of rotatable bonds is 46. The average molecular weight is 1150 g/mol. The SMILES string of the molecule is CC/C=C\C/C=C\C/C=C\C/C=C\C/C=C\C/C=C\C/C=C\C/C=C\C/C=C\C/C=C\CCCCCCCCC(=O)NC(COC1OC(CO)C(OC2OC(CO)C(O)C(O)C2O)C(O)C1O)C(O)/C=C/CC/C=C/CC/C=C/CCC. The van der Waals surface area contributed by atoms with Crippen LogP contribution in [0.15, 0.2) is 158 Å². The zero-order valence-corrected chi connectivity index (χ0v) is 49.7. The second kappa shape index (κ2) is 51.1. The van der Waals surface area contributed by atoms with Gasteiger partial charge in [0.25, 0.3) is 0 Å². The molecule has 2 saturated heterocycles. The molecule has 2 fully saturated rings. The Balaban J connectivity index is 1.66. The molecule has 0 radical (unpaired) electrons. The van der Waals surface area contributed by atoms with Gasteiger partial charge in [0.15, 0.2) is 12.6 Å². The van der Waals surface area contributed by atoms with Gasteiger partial charge in [-0.2, -0.15) is 0 Å². The Morgan fingerprint density at radius 2 is 0.854 bits per heavy atom. The van der Waals surface area contributed by atoms with Crippen LogP contribution in [0.5, 0.6) is 0 Å². The Hall–Kier alpha value is -4.39. The van der Waals surface area contributed by atoms with Crippen molar-refractivity contribution < 1.29 is 64.6 Å². The van der Waals surface area contributed by atoms with Crippen molar-refractivity contribution in [2.24, 2.45) is 0 Å². The standard InChI is InChI=1S/C68H107NO13/c1-3-5-7-9-11-13-15-16-17-18-19-20-21-22-23-24-25-26-27-28-29-30-31-32-33-34-35-36-37-38-39-40-42-44-46-48-50-52-60(73)69-56(57(72)51-49-47-45-43-41-14-12-10-8-6-4-2)55-79-67-65(78)63(76)66(59(54-71)81-67)82-68-64(77)62(75)61(74)58(53-70)80-68/h5,7-8,10-11,13,16-17,19-20,22-23,25-26,28-29,31-32,34-35,37-38,41,43,49,51,56-59,61-68,70-72,74-78H,3-4,6,9,12,14-15,18,21,24,27,30,33,36,39-40,42,44-48,50,52-55H2,1-2H3,(H,69,73)/b7-5-,10-8+,13-11-,17-16-,20-19-,23-22-,26-25-,29-28-,32-31-,35-34-,38-37-,43-41+,51-49+. The van der Waals surface area contributed by atoms with E-state index in [1.807, 2.05) is 6.08 Å². The molecule has 2 aliphatic rings. The first-order chi connectivity index (χ1) is 40.1. The fraction of sp³-hybridized carbons (Fsp3) is 0.603. The monoisotopic (exact) mass is 1150 g/mol. The normalized spacial score (nSPS) is 25.1. The summed E-state index contributed by atoms with van der Waals surface area (Å²) in [7, 11) is 0. The van der Waals surface area contributed by atoms with E-state index in [4.69, 9.17) is 18.9 Å². The number of ether oxygens (including phenoxy) is 4. The van der Waals surface area contributed by atoms with Crippen LogP contribution < -0.4 is 5.32 Å². The quantitative estimate of drug-likeness (QED) is 0.0204. The van der Waals surface area contributed by atoms with Crippen LogP contribution in [0.1, 0.15) is 168 Å². The minimum absolute atomic E-state index is 0.241. The summed E-state index contributed by atoms with van der Waals surface area (Å²) < 4.78 is 22.7. The second-order valence-electron chi connectivity index (χ2n) is 20.7. The topological polar surface area (TPSA) is 228 Å². The number of amides is 1. The maximum absolute atomic E-state index is 13.2. The first kappa shape index (κ1) is 73.7. The van der Waals surface area contributed by atoms with Crippen molar-refractivity contribution in [3.05, 3.63) is 158 Å². The molecule has 12 atom stereocenters. The zero-order valence-electron chi connectivity index (χ0n) is 49.7. The predicted molar refractivity (Wildman–Crippen MR) is 331 cm³/mol. The summed E-state index contributed by atoms with van der Waals surface area (Å²) in [6.07, 6.45) is 61.6. The van der Waals surface area contributed by atoms with Gasteiger partial charge in [-0.15, -0.1) is 0 Å². The lowest BCUT2D eigenvalue weighted by Gasteiger charge is -2.46. The van der Waals surface area contributed by atoms with Crippen LogP contribution in [-0.2, 0) is 23.7 Å². The summed E-state index contributed by atoms with van der Waals surface area (Å²) in [6, 6.07) is -0.957. The second-order valence-corrected chi connectivity index (χ2v) is 20.7. The van der Waals surface area contributed by atoms with Crippen molar-refractivity contribution in [2.45, 2.75) is 242 Å². The van der Waals surface area contributed by atoms with E-state index in [1.54, 1.807) is 6.08 Å². The van der Waals surface area contributed by atoms with E-state index in [9.17, 15) is 45.6 Å². The number of allylic oxidation sites excluding steroid dienone is 25. The molecule has 2 aliphatic heterocycles. The molecule has 14 heteroatoms. The smallest absolute Gasteiger partial charge is 0.220 e. The van der Waals surface area contributed by atoms with E-state index < -0.39 is 86.8 Å². The van der Waals surface area contributed by atoms with Crippen LogP contribution >= 0.6 is 0 Å². The molecule has 2 heterocycles. The van der Waals surface area contributed by atoms with Crippen molar-refractivity contribution in [3.8, 4) is 0 Å². The molecule has 0 aromatic carbocycles. The molecule has 0 saturated carbocycles. The molecular formula is C68H107NO13. The van der Waals surface area contributed by atoms with Crippen molar-refractivity contribution >= 4 is 5.91 Å². The van der Waals surface area contributed by atoms with Crippen LogP contribution in [0.4, 0.5) is 0 Å². The maximum atomic E-state index is 13.2. The molecule has 0 spiro atoms. The molecule has 1 amide bonds. The van der Waals surface area contributed by atoms with Gasteiger partial charge in [-0.25, -0.2) is 0 Å².